The smallest absolute Gasteiger partial charge is 0.759 e. The standard InChI is InChI=1S/C19H19ClN2O3.Mg.H2O4S/c1-2-25-18(23)12-13-7-8-16(15(20)11-13)21-19(24)22-10-9-14-5-3-4-6-17(14)22;;1-5(2,3)4/h3-8,11H,2,9-10,12H2,1H3,(H,21,24);;(H2,1,2,3,4)/q;+2;/p-2. The van der Waals surface area contributed by atoms with Gasteiger partial charge in [0.25, 0.3) is 0 Å². The Labute approximate surface area is 201 Å². The summed E-state index contributed by atoms with van der Waals surface area (Å²) >= 11 is 6.26. The van der Waals surface area contributed by atoms with Crippen LogP contribution in [0.2, 0.25) is 5.02 Å². The van der Waals surface area contributed by atoms with E-state index in [9.17, 15) is 9.59 Å². The van der Waals surface area contributed by atoms with E-state index in [2.05, 4.69) is 5.32 Å². The van der Waals surface area contributed by atoms with Gasteiger partial charge in [0.2, 0.25) is 0 Å². The molecule has 12 heteroatoms. The van der Waals surface area contributed by atoms with Crippen LogP contribution in [-0.2, 0) is 32.8 Å². The Morgan fingerprint density at radius 3 is 2.45 bits per heavy atom. The molecule has 0 aromatic heterocycles. The Bertz CT molecular complexity index is 1030. The zero-order valence-electron chi connectivity index (χ0n) is 16.7. The molecular formula is C19H19ClMgN2O7S. The van der Waals surface area contributed by atoms with Crippen LogP contribution in [0.25, 0.3) is 0 Å². The fourth-order valence-electron chi connectivity index (χ4n) is 2.88. The number of para-hydroxylation sites is 1. The van der Waals surface area contributed by atoms with E-state index in [1.807, 2.05) is 24.3 Å². The average molecular weight is 479 g/mol. The first kappa shape index (κ1) is 27.1. The van der Waals surface area contributed by atoms with Gasteiger partial charge in [-0.05, 0) is 42.7 Å². The van der Waals surface area contributed by atoms with E-state index < -0.39 is 10.4 Å². The van der Waals surface area contributed by atoms with Gasteiger partial charge >= 0.3 is 35.1 Å². The van der Waals surface area contributed by atoms with E-state index in [-0.39, 0.29) is 41.5 Å². The van der Waals surface area contributed by atoms with E-state index in [0.29, 0.717) is 23.9 Å². The minimum absolute atomic E-state index is 0. The Morgan fingerprint density at radius 1 is 1.19 bits per heavy atom. The number of hydrogen-bond acceptors (Lipinski definition) is 7. The number of carbonyl (C=O) groups excluding carboxylic acids is 2. The van der Waals surface area contributed by atoms with Crippen LogP contribution in [0, 0.1) is 0 Å². The normalized spacial score (nSPS) is 12.1. The summed E-state index contributed by atoms with van der Waals surface area (Å²) in [6.07, 6.45) is 0.997. The predicted molar refractivity (Wildman–Crippen MR) is 115 cm³/mol. The number of halogens is 1. The molecule has 31 heavy (non-hydrogen) atoms. The number of ether oxygens (including phenoxy) is 1. The van der Waals surface area contributed by atoms with E-state index in [1.54, 1.807) is 30.0 Å². The monoisotopic (exact) mass is 478 g/mol. The van der Waals surface area contributed by atoms with Gasteiger partial charge in [-0.1, -0.05) is 35.9 Å². The van der Waals surface area contributed by atoms with Crippen molar-refractivity contribution < 1.29 is 31.8 Å². The molecule has 0 saturated heterocycles. The molecule has 0 atom stereocenters. The Balaban J connectivity index is 0.000000721. The van der Waals surface area contributed by atoms with Crippen LogP contribution in [0.15, 0.2) is 42.5 Å². The van der Waals surface area contributed by atoms with Crippen molar-refractivity contribution in [2.24, 2.45) is 0 Å². The molecule has 0 radical (unpaired) electrons. The number of esters is 1. The third kappa shape index (κ3) is 9.01. The number of carbonyl (C=O) groups is 2. The first-order chi connectivity index (χ1) is 14.1. The van der Waals surface area contributed by atoms with Gasteiger partial charge in [-0.2, -0.15) is 0 Å². The summed E-state index contributed by atoms with van der Waals surface area (Å²) in [5.74, 6) is -0.302. The molecule has 2 aromatic carbocycles. The number of nitrogens with zero attached hydrogens (tertiary/aromatic N) is 1. The maximum atomic E-state index is 12.6. The molecule has 0 aliphatic carbocycles. The van der Waals surface area contributed by atoms with Gasteiger partial charge in [0, 0.05) is 22.6 Å². The summed E-state index contributed by atoms with van der Waals surface area (Å²) in [6.45, 7) is 2.75. The fourth-order valence-corrected chi connectivity index (χ4v) is 3.13. The molecule has 3 rings (SSSR count). The zero-order chi connectivity index (χ0) is 22.3. The number of rotatable bonds is 4. The summed E-state index contributed by atoms with van der Waals surface area (Å²) < 4.78 is 39.0. The Morgan fingerprint density at radius 2 is 1.84 bits per heavy atom. The molecule has 0 saturated carbocycles. The molecule has 1 aliphatic heterocycles. The van der Waals surface area contributed by atoms with Gasteiger partial charge in [0.05, 0.1) is 23.7 Å². The van der Waals surface area contributed by atoms with Crippen LogP contribution in [0.1, 0.15) is 18.1 Å². The first-order valence-electron chi connectivity index (χ1n) is 8.85. The number of nitrogens with one attached hydrogen (secondary N) is 1. The molecule has 9 nitrogen and oxygen atoms in total. The van der Waals surface area contributed by atoms with Gasteiger partial charge in [0.15, 0.2) is 0 Å². The number of anilines is 2. The van der Waals surface area contributed by atoms with Crippen LogP contribution < -0.4 is 10.2 Å². The number of fused-ring (bicyclic) bond motifs is 1. The SMILES string of the molecule is CCOC(=O)Cc1ccc(NC(=O)N2CCc3ccccc32)c(Cl)c1.O=S(=O)([O-])[O-].[Mg+2]. The van der Waals surface area contributed by atoms with Crippen molar-refractivity contribution in [2.75, 3.05) is 23.4 Å². The first-order valence-corrected chi connectivity index (χ1v) is 10.6. The van der Waals surface area contributed by atoms with Crippen LogP contribution >= 0.6 is 11.6 Å². The molecule has 1 N–H and O–H groups in total. The quantitative estimate of drug-likeness (QED) is 0.307. The van der Waals surface area contributed by atoms with Crippen molar-refractivity contribution in [3.05, 3.63) is 58.6 Å². The summed E-state index contributed by atoms with van der Waals surface area (Å²) in [5, 5.41) is 3.23. The van der Waals surface area contributed by atoms with Crippen LogP contribution in [0.5, 0.6) is 0 Å². The molecule has 0 bridgehead atoms. The van der Waals surface area contributed by atoms with E-state index in [1.165, 1.54) is 0 Å². The van der Waals surface area contributed by atoms with Crippen LogP contribution in [0.3, 0.4) is 0 Å². The third-order valence-corrected chi connectivity index (χ3v) is 4.37. The zero-order valence-corrected chi connectivity index (χ0v) is 19.7. The van der Waals surface area contributed by atoms with Gasteiger partial charge in [-0.25, -0.2) is 4.79 Å². The van der Waals surface area contributed by atoms with Gasteiger partial charge in [0.1, 0.15) is 0 Å². The number of amides is 2. The Kier molecular flexibility index (Phi) is 10.7. The Hall–Kier alpha value is -1.89. The molecule has 1 aliphatic rings. The summed E-state index contributed by atoms with van der Waals surface area (Å²) in [5.41, 5.74) is 3.35. The van der Waals surface area contributed by atoms with Crippen LogP contribution in [0.4, 0.5) is 16.2 Å². The van der Waals surface area contributed by atoms with Crippen molar-refractivity contribution >= 4 is 68.4 Å². The minimum atomic E-state index is -5.17. The second kappa shape index (κ2) is 12.2. The molecule has 0 unspecified atom stereocenters. The largest absolute Gasteiger partial charge is 2.00 e. The van der Waals surface area contributed by atoms with Crippen molar-refractivity contribution in [1.29, 1.82) is 0 Å². The van der Waals surface area contributed by atoms with Crippen LogP contribution in [-0.4, -0.2) is 65.7 Å². The van der Waals surface area contributed by atoms with Crippen molar-refractivity contribution in [2.45, 2.75) is 19.8 Å². The van der Waals surface area contributed by atoms with E-state index in [4.69, 9.17) is 33.9 Å². The van der Waals surface area contributed by atoms with E-state index in [0.717, 1.165) is 23.2 Å². The van der Waals surface area contributed by atoms with Gasteiger partial charge in [-0.15, -0.1) is 0 Å². The van der Waals surface area contributed by atoms with Crippen molar-refractivity contribution in [3.8, 4) is 0 Å². The molecule has 1 heterocycles. The number of benzene rings is 2. The second-order valence-corrected chi connectivity index (χ2v) is 7.39. The molecule has 0 spiro atoms. The summed E-state index contributed by atoms with van der Waals surface area (Å²) in [6, 6.07) is 12.8. The third-order valence-electron chi connectivity index (χ3n) is 4.06. The van der Waals surface area contributed by atoms with Crippen molar-refractivity contribution in [1.82, 2.24) is 0 Å². The summed E-state index contributed by atoms with van der Waals surface area (Å²) in [7, 11) is -5.17. The minimum Gasteiger partial charge on any atom is -0.759 e. The predicted octanol–water partition coefficient (Wildman–Crippen LogP) is 2.32. The van der Waals surface area contributed by atoms with Crippen molar-refractivity contribution in [3.63, 3.8) is 0 Å². The maximum Gasteiger partial charge on any atom is 2.00 e. The summed E-state index contributed by atoms with van der Waals surface area (Å²) in [4.78, 5) is 25.8. The van der Waals surface area contributed by atoms with Gasteiger partial charge < -0.3 is 19.2 Å². The molecular weight excluding hydrogens is 460 g/mol. The molecule has 2 amide bonds. The maximum absolute atomic E-state index is 12.6. The average Bonchev–Trinajstić information content (AvgIpc) is 3.07. The van der Waals surface area contributed by atoms with E-state index >= 15 is 0 Å². The molecule has 162 valence electrons. The topological polar surface area (TPSA) is 139 Å². The fraction of sp³-hybridized carbons (Fsp3) is 0.263. The van der Waals surface area contributed by atoms with Gasteiger partial charge in [-0.3, -0.25) is 18.1 Å². The molecule has 0 fully saturated rings. The second-order valence-electron chi connectivity index (χ2n) is 6.16. The number of hydrogen-bond donors (Lipinski definition) is 1. The number of urea groups is 1. The molecule has 2 aromatic rings.